The first-order valence-electron chi connectivity index (χ1n) is 10.1. The molecule has 0 heterocycles. The smallest absolute Gasteiger partial charge is 0.177 e. The summed E-state index contributed by atoms with van der Waals surface area (Å²) in [6, 6.07) is 23.7. The Morgan fingerprint density at radius 3 is 1.34 bits per heavy atom. The number of carbonyl (C=O) groups is 4. The highest BCUT2D eigenvalue weighted by Crippen LogP contribution is 2.20. The average Bonchev–Trinajstić information content (AvgIpc) is 2.83. The summed E-state index contributed by atoms with van der Waals surface area (Å²) in [5.74, 6) is -0.481. The number of carbonyl (C=O) groups excluding carboxylic acids is 4. The molecule has 0 saturated heterocycles. The summed E-state index contributed by atoms with van der Waals surface area (Å²) in [4.78, 5) is 48.3. The van der Waals surface area contributed by atoms with Crippen molar-refractivity contribution < 1.29 is 28.7 Å². The first-order valence-corrected chi connectivity index (χ1v) is 10.1. The van der Waals surface area contributed by atoms with Gasteiger partial charge in [-0.1, -0.05) is 66.7 Å². The number of hydrogen-bond acceptors (Lipinski definition) is 6. The van der Waals surface area contributed by atoms with Crippen molar-refractivity contribution in [3.05, 3.63) is 96.1 Å². The summed E-state index contributed by atoms with van der Waals surface area (Å²) < 4.78 is 10.9. The van der Waals surface area contributed by atoms with Gasteiger partial charge in [-0.2, -0.15) is 0 Å². The van der Waals surface area contributed by atoms with Crippen molar-refractivity contribution in [2.24, 2.45) is 0 Å². The molecule has 0 spiro atoms. The Hall–Kier alpha value is -4.06. The maximum atomic E-state index is 12.1. The summed E-state index contributed by atoms with van der Waals surface area (Å²) in [7, 11) is 0. The number of Topliss-reactive ketones (excluding diaryl/α,β-unsaturated/α-hetero) is 4. The maximum Gasteiger partial charge on any atom is 0.177 e. The summed E-state index contributed by atoms with van der Waals surface area (Å²) in [6.45, 7) is -0.515. The van der Waals surface area contributed by atoms with Crippen LogP contribution in [0.4, 0.5) is 0 Å². The number of ether oxygens (including phenoxy) is 2. The number of benzene rings is 3. The SMILES string of the molecule is O=C(COc1cccc(OCC(=O)CC(=O)c2ccccc2)c1)CC(=O)c1ccccc1. The molecule has 0 saturated carbocycles. The Bertz CT molecular complexity index is 1000. The minimum absolute atomic E-state index is 0.246. The van der Waals surface area contributed by atoms with Gasteiger partial charge in [0.1, 0.15) is 24.7 Å². The van der Waals surface area contributed by atoms with Crippen LogP contribution in [0.15, 0.2) is 84.9 Å². The van der Waals surface area contributed by atoms with Gasteiger partial charge < -0.3 is 9.47 Å². The molecule has 6 nitrogen and oxygen atoms in total. The van der Waals surface area contributed by atoms with Crippen molar-refractivity contribution in [1.82, 2.24) is 0 Å². The summed E-state index contributed by atoms with van der Waals surface area (Å²) >= 11 is 0. The Morgan fingerprint density at radius 1 is 0.531 bits per heavy atom. The monoisotopic (exact) mass is 430 g/mol. The molecule has 3 rings (SSSR count). The Balaban J connectivity index is 1.44. The van der Waals surface area contributed by atoms with Gasteiger partial charge in [-0.25, -0.2) is 0 Å². The fourth-order valence-corrected chi connectivity index (χ4v) is 2.89. The lowest BCUT2D eigenvalue weighted by Gasteiger charge is -2.09. The zero-order valence-electron chi connectivity index (χ0n) is 17.4. The van der Waals surface area contributed by atoms with E-state index >= 15 is 0 Å². The topological polar surface area (TPSA) is 86.7 Å². The highest BCUT2D eigenvalue weighted by molar-refractivity contribution is 6.09. The minimum Gasteiger partial charge on any atom is -0.486 e. The molecule has 0 aliphatic carbocycles. The largest absolute Gasteiger partial charge is 0.486 e. The molecule has 0 radical (unpaired) electrons. The van der Waals surface area contributed by atoms with Crippen LogP contribution in [0.2, 0.25) is 0 Å². The number of hydrogen-bond donors (Lipinski definition) is 0. The fourth-order valence-electron chi connectivity index (χ4n) is 2.89. The zero-order valence-corrected chi connectivity index (χ0v) is 17.4. The summed E-state index contributed by atoms with van der Waals surface area (Å²) in [5, 5.41) is 0. The predicted octanol–water partition coefficient (Wildman–Crippen LogP) is 4.13. The third kappa shape index (κ3) is 7.02. The third-order valence-corrected chi connectivity index (χ3v) is 4.51. The van der Waals surface area contributed by atoms with Gasteiger partial charge in [0.05, 0.1) is 12.8 Å². The van der Waals surface area contributed by atoms with Crippen molar-refractivity contribution in [3.63, 3.8) is 0 Å². The van der Waals surface area contributed by atoms with E-state index in [0.29, 0.717) is 22.6 Å². The highest BCUT2D eigenvalue weighted by atomic mass is 16.5. The molecule has 0 aliphatic rings. The molecule has 0 amide bonds. The lowest BCUT2D eigenvalue weighted by atomic mass is 10.1. The molecule has 32 heavy (non-hydrogen) atoms. The van der Waals surface area contributed by atoms with E-state index in [1.807, 2.05) is 0 Å². The third-order valence-electron chi connectivity index (χ3n) is 4.51. The zero-order chi connectivity index (χ0) is 22.8. The van der Waals surface area contributed by atoms with Crippen LogP contribution in [0.1, 0.15) is 33.6 Å². The van der Waals surface area contributed by atoms with Gasteiger partial charge in [0.15, 0.2) is 23.1 Å². The van der Waals surface area contributed by atoms with Gasteiger partial charge in [-0.05, 0) is 12.1 Å². The van der Waals surface area contributed by atoms with Gasteiger partial charge in [0.25, 0.3) is 0 Å². The van der Waals surface area contributed by atoms with Crippen LogP contribution in [0.25, 0.3) is 0 Å². The lowest BCUT2D eigenvalue weighted by molar-refractivity contribution is -0.120. The van der Waals surface area contributed by atoms with Crippen molar-refractivity contribution in [3.8, 4) is 11.5 Å². The predicted molar refractivity (Wildman–Crippen MR) is 118 cm³/mol. The van der Waals surface area contributed by atoms with E-state index in [9.17, 15) is 19.2 Å². The molecular weight excluding hydrogens is 408 g/mol. The molecule has 3 aromatic carbocycles. The van der Waals surface area contributed by atoms with E-state index in [4.69, 9.17) is 9.47 Å². The van der Waals surface area contributed by atoms with Crippen molar-refractivity contribution in [2.45, 2.75) is 12.8 Å². The van der Waals surface area contributed by atoms with E-state index in [2.05, 4.69) is 0 Å². The van der Waals surface area contributed by atoms with E-state index in [-0.39, 0.29) is 49.2 Å². The van der Waals surface area contributed by atoms with Gasteiger partial charge in [0, 0.05) is 17.2 Å². The van der Waals surface area contributed by atoms with E-state index in [1.54, 1.807) is 84.9 Å². The van der Waals surface area contributed by atoms with Crippen LogP contribution in [0.5, 0.6) is 11.5 Å². The highest BCUT2D eigenvalue weighted by Gasteiger charge is 2.14. The number of rotatable bonds is 12. The van der Waals surface area contributed by atoms with Crippen molar-refractivity contribution >= 4 is 23.1 Å². The normalized spacial score (nSPS) is 10.2. The van der Waals surface area contributed by atoms with Crippen LogP contribution < -0.4 is 9.47 Å². The van der Waals surface area contributed by atoms with E-state index in [1.165, 1.54) is 0 Å². The standard InChI is InChI=1S/C26H22O6/c27-21(14-25(29)19-8-3-1-4-9-19)17-31-23-12-7-13-24(16-23)32-18-22(28)15-26(30)20-10-5-2-6-11-20/h1-13,16H,14-15,17-18H2. The Morgan fingerprint density at radius 2 is 0.938 bits per heavy atom. The molecule has 0 atom stereocenters. The molecule has 0 N–H and O–H groups in total. The second kappa shape index (κ2) is 11.4. The quantitative estimate of drug-likeness (QED) is 0.317. The van der Waals surface area contributed by atoms with Crippen LogP contribution in [0, 0.1) is 0 Å². The molecule has 162 valence electrons. The van der Waals surface area contributed by atoms with Crippen molar-refractivity contribution in [1.29, 1.82) is 0 Å². The van der Waals surface area contributed by atoms with Crippen LogP contribution in [0.3, 0.4) is 0 Å². The molecule has 0 aromatic heterocycles. The molecule has 0 bridgehead atoms. The second-order valence-electron chi connectivity index (χ2n) is 7.06. The van der Waals surface area contributed by atoms with Gasteiger partial charge in [0.2, 0.25) is 0 Å². The Kier molecular flexibility index (Phi) is 8.03. The molecule has 6 heteroatoms. The van der Waals surface area contributed by atoms with Crippen molar-refractivity contribution in [2.75, 3.05) is 13.2 Å². The number of ketones is 4. The van der Waals surface area contributed by atoms with E-state index < -0.39 is 0 Å². The minimum atomic E-state index is -0.347. The van der Waals surface area contributed by atoms with Gasteiger partial charge in [-0.15, -0.1) is 0 Å². The molecular formula is C26H22O6. The van der Waals surface area contributed by atoms with E-state index in [0.717, 1.165) is 0 Å². The second-order valence-corrected chi connectivity index (χ2v) is 7.06. The van der Waals surface area contributed by atoms with Crippen LogP contribution >= 0.6 is 0 Å². The molecule has 0 aliphatic heterocycles. The molecule has 0 fully saturated rings. The van der Waals surface area contributed by atoms with Gasteiger partial charge in [-0.3, -0.25) is 19.2 Å². The Labute approximate surface area is 185 Å². The summed E-state index contributed by atoms with van der Waals surface area (Å²) in [5.41, 5.74) is 0.957. The van der Waals surface area contributed by atoms with Gasteiger partial charge >= 0.3 is 0 Å². The first kappa shape index (κ1) is 22.6. The molecule has 0 unspecified atom stereocenters. The lowest BCUT2D eigenvalue weighted by Crippen LogP contribution is -2.16. The van der Waals surface area contributed by atoms with Crippen LogP contribution in [-0.4, -0.2) is 36.3 Å². The summed E-state index contributed by atoms with van der Waals surface area (Å²) in [6.07, 6.45) is -0.492. The maximum absolute atomic E-state index is 12.1. The van der Waals surface area contributed by atoms with Crippen LogP contribution in [-0.2, 0) is 9.59 Å². The first-order chi connectivity index (χ1) is 15.5. The molecule has 3 aromatic rings. The fraction of sp³-hybridized carbons (Fsp3) is 0.154. The average molecular weight is 430 g/mol.